The Morgan fingerprint density at radius 3 is 2.88 bits per heavy atom. The van der Waals surface area contributed by atoms with Crippen LogP contribution in [0.5, 0.6) is 11.5 Å². The highest BCUT2D eigenvalue weighted by Gasteiger charge is 2.16. The average molecular weight is 238 g/mol. The number of benzene rings is 1. The van der Waals surface area contributed by atoms with Crippen LogP contribution in [0.4, 0.5) is 5.82 Å². The van der Waals surface area contributed by atoms with Crippen LogP contribution in [0.1, 0.15) is 0 Å². The van der Waals surface area contributed by atoms with Crippen molar-refractivity contribution in [2.24, 2.45) is 0 Å². The van der Waals surface area contributed by atoms with E-state index in [1.807, 2.05) is 18.2 Å². The molecular weight excluding hydrogens is 230 g/mol. The number of nitrogen functional groups attached to an aromatic ring is 1. The molecule has 0 spiro atoms. The molecule has 0 fully saturated rings. The van der Waals surface area contributed by atoms with Gasteiger partial charge in [0.15, 0.2) is 17.3 Å². The molecule has 3 rings (SSSR count). The third-order valence-corrected chi connectivity index (χ3v) is 2.78. The predicted molar refractivity (Wildman–Crippen MR) is 59.6 cm³/mol. The molecule has 0 atom stereocenters. The second-order valence-electron chi connectivity index (χ2n) is 3.37. The lowest BCUT2D eigenvalue weighted by molar-refractivity contribution is 0.174. The number of ether oxygens (including phenoxy) is 2. The monoisotopic (exact) mass is 237 g/mol. The Morgan fingerprint density at radius 1 is 1.31 bits per heavy atom. The summed E-state index contributed by atoms with van der Waals surface area (Å²) in [6, 6.07) is 5.53. The van der Waals surface area contributed by atoms with Gasteiger partial charge in [-0.05, 0) is 18.2 Å². The van der Waals surface area contributed by atoms with E-state index in [1.165, 1.54) is 0 Å². The first kappa shape index (κ1) is 9.35. The zero-order valence-electron chi connectivity index (χ0n) is 8.16. The fraction of sp³-hybridized carbons (Fsp3) is 0.100. The maximum atomic E-state index is 6.00. The van der Waals surface area contributed by atoms with E-state index >= 15 is 0 Å². The van der Waals surface area contributed by atoms with Crippen LogP contribution in [0, 0.1) is 0 Å². The van der Waals surface area contributed by atoms with Crippen molar-refractivity contribution < 1.29 is 9.47 Å². The average Bonchev–Trinajstić information content (AvgIpc) is 2.86. The first-order chi connectivity index (χ1) is 7.75. The number of hydrogen-bond acceptors (Lipinski definition) is 4. The van der Waals surface area contributed by atoms with Gasteiger partial charge in [0.2, 0.25) is 6.79 Å². The molecule has 6 heteroatoms. The Bertz CT molecular complexity index is 553. The van der Waals surface area contributed by atoms with E-state index in [9.17, 15) is 0 Å². The van der Waals surface area contributed by atoms with Gasteiger partial charge >= 0.3 is 0 Å². The van der Waals surface area contributed by atoms with E-state index in [4.69, 9.17) is 26.8 Å². The maximum Gasteiger partial charge on any atom is 0.231 e. The molecule has 0 amide bonds. The third-order valence-electron chi connectivity index (χ3n) is 2.39. The summed E-state index contributed by atoms with van der Waals surface area (Å²) in [5.74, 6) is 1.71. The Morgan fingerprint density at radius 2 is 2.12 bits per heavy atom. The van der Waals surface area contributed by atoms with Crippen LogP contribution in [0.3, 0.4) is 0 Å². The van der Waals surface area contributed by atoms with Gasteiger partial charge in [0.25, 0.3) is 0 Å². The number of anilines is 1. The van der Waals surface area contributed by atoms with E-state index in [0.717, 1.165) is 11.3 Å². The van der Waals surface area contributed by atoms with Crippen molar-refractivity contribution in [3.63, 3.8) is 0 Å². The number of aromatic amines is 1. The Labute approximate surface area is 96.1 Å². The first-order valence-electron chi connectivity index (χ1n) is 4.65. The summed E-state index contributed by atoms with van der Waals surface area (Å²) in [4.78, 5) is 0. The number of hydrogen-bond donors (Lipinski definition) is 2. The van der Waals surface area contributed by atoms with Crippen LogP contribution in [0.25, 0.3) is 11.3 Å². The fourth-order valence-corrected chi connectivity index (χ4v) is 1.78. The van der Waals surface area contributed by atoms with Crippen molar-refractivity contribution in [2.45, 2.75) is 0 Å². The Balaban J connectivity index is 2.10. The minimum atomic E-state index is 0.248. The molecule has 0 bridgehead atoms. The van der Waals surface area contributed by atoms with Gasteiger partial charge in [-0.1, -0.05) is 11.6 Å². The number of halogens is 1. The second kappa shape index (κ2) is 3.31. The molecule has 0 unspecified atom stereocenters. The minimum absolute atomic E-state index is 0.248. The molecule has 3 N–H and O–H groups in total. The zero-order chi connectivity index (χ0) is 11.1. The number of fused-ring (bicyclic) bond motifs is 1. The number of nitrogens with two attached hydrogens (primary N) is 1. The lowest BCUT2D eigenvalue weighted by Gasteiger charge is -2.00. The quantitative estimate of drug-likeness (QED) is 0.796. The molecule has 0 saturated carbocycles. The molecular formula is C10H8ClN3O2. The molecule has 1 aliphatic heterocycles. The Hall–Kier alpha value is -1.88. The van der Waals surface area contributed by atoms with Gasteiger partial charge in [-0.25, -0.2) is 0 Å². The molecule has 0 radical (unpaired) electrons. The summed E-state index contributed by atoms with van der Waals surface area (Å²) >= 11 is 6.00. The van der Waals surface area contributed by atoms with Gasteiger partial charge < -0.3 is 15.2 Å². The number of aromatic nitrogens is 2. The SMILES string of the molecule is Nc1n[nH]c(-c2ccc3c(c2)OCO3)c1Cl. The van der Waals surface area contributed by atoms with Gasteiger partial charge in [0.05, 0.1) is 5.69 Å². The molecule has 16 heavy (non-hydrogen) atoms. The van der Waals surface area contributed by atoms with Gasteiger partial charge in [0.1, 0.15) is 5.02 Å². The Kier molecular flexibility index (Phi) is 1.94. The predicted octanol–water partition coefficient (Wildman–Crippen LogP) is 2.04. The molecule has 2 aromatic rings. The van der Waals surface area contributed by atoms with E-state index in [0.29, 0.717) is 16.5 Å². The topological polar surface area (TPSA) is 73.2 Å². The summed E-state index contributed by atoms with van der Waals surface area (Å²) < 4.78 is 10.5. The largest absolute Gasteiger partial charge is 0.454 e. The highest BCUT2D eigenvalue weighted by Crippen LogP contribution is 2.38. The van der Waals surface area contributed by atoms with Crippen molar-refractivity contribution in [3.05, 3.63) is 23.2 Å². The van der Waals surface area contributed by atoms with Gasteiger partial charge in [0, 0.05) is 5.56 Å². The van der Waals surface area contributed by atoms with Crippen LogP contribution in [0.2, 0.25) is 5.02 Å². The van der Waals surface area contributed by atoms with Crippen LogP contribution in [-0.2, 0) is 0 Å². The normalized spacial score (nSPS) is 13.1. The van der Waals surface area contributed by atoms with Crippen molar-refractivity contribution >= 4 is 17.4 Å². The summed E-state index contributed by atoms with van der Waals surface area (Å²) in [6.45, 7) is 0.248. The molecule has 1 aliphatic rings. The smallest absolute Gasteiger partial charge is 0.231 e. The van der Waals surface area contributed by atoms with Crippen LogP contribution in [-0.4, -0.2) is 17.0 Å². The van der Waals surface area contributed by atoms with Gasteiger partial charge in [-0.15, -0.1) is 0 Å². The highest BCUT2D eigenvalue weighted by atomic mass is 35.5. The summed E-state index contributed by atoms with van der Waals surface area (Å²) in [7, 11) is 0. The minimum Gasteiger partial charge on any atom is -0.454 e. The molecule has 82 valence electrons. The van der Waals surface area contributed by atoms with Crippen LogP contribution >= 0.6 is 11.6 Å². The number of rotatable bonds is 1. The number of H-pyrrole nitrogens is 1. The second-order valence-corrected chi connectivity index (χ2v) is 3.74. The summed E-state index contributed by atoms with van der Waals surface area (Å²) in [5, 5.41) is 7.03. The lowest BCUT2D eigenvalue weighted by atomic mass is 10.1. The molecule has 1 aromatic carbocycles. The van der Waals surface area contributed by atoms with Gasteiger partial charge in [-0.3, -0.25) is 5.10 Å². The molecule has 5 nitrogen and oxygen atoms in total. The van der Waals surface area contributed by atoms with Crippen molar-refractivity contribution in [2.75, 3.05) is 12.5 Å². The van der Waals surface area contributed by atoms with E-state index in [-0.39, 0.29) is 12.6 Å². The van der Waals surface area contributed by atoms with E-state index in [1.54, 1.807) is 0 Å². The lowest BCUT2D eigenvalue weighted by Crippen LogP contribution is -1.92. The highest BCUT2D eigenvalue weighted by molar-refractivity contribution is 6.35. The van der Waals surface area contributed by atoms with Crippen molar-refractivity contribution in [3.8, 4) is 22.8 Å². The van der Waals surface area contributed by atoms with E-state index in [2.05, 4.69) is 10.2 Å². The van der Waals surface area contributed by atoms with Crippen LogP contribution in [0.15, 0.2) is 18.2 Å². The standard InChI is InChI=1S/C10H8ClN3O2/c11-8-9(13-14-10(8)12)5-1-2-6-7(3-5)16-4-15-6/h1-3H,4H2,(H3,12,13,14). The van der Waals surface area contributed by atoms with Crippen molar-refractivity contribution in [1.82, 2.24) is 10.2 Å². The molecule has 1 aromatic heterocycles. The van der Waals surface area contributed by atoms with Gasteiger partial charge in [-0.2, -0.15) is 5.10 Å². The fourth-order valence-electron chi connectivity index (χ4n) is 1.59. The number of nitrogens with zero attached hydrogens (tertiary/aromatic N) is 1. The first-order valence-corrected chi connectivity index (χ1v) is 5.03. The maximum absolute atomic E-state index is 6.00. The third kappa shape index (κ3) is 1.29. The van der Waals surface area contributed by atoms with Crippen molar-refractivity contribution in [1.29, 1.82) is 0 Å². The molecule has 0 saturated heterocycles. The van der Waals surface area contributed by atoms with Crippen LogP contribution < -0.4 is 15.2 Å². The number of nitrogens with one attached hydrogen (secondary N) is 1. The molecule has 2 heterocycles. The zero-order valence-corrected chi connectivity index (χ0v) is 8.91. The van der Waals surface area contributed by atoms with E-state index < -0.39 is 0 Å². The summed E-state index contributed by atoms with van der Waals surface area (Å²) in [6.07, 6.45) is 0. The molecule has 0 aliphatic carbocycles. The summed E-state index contributed by atoms with van der Waals surface area (Å²) in [5.41, 5.74) is 7.10.